The molecule has 3 heterocycles. The molecule has 148 valence electrons. The van der Waals surface area contributed by atoms with Gasteiger partial charge in [-0.3, -0.25) is 19.5 Å². The fourth-order valence-corrected chi connectivity index (χ4v) is 3.56. The topological polar surface area (TPSA) is 142 Å². The number of H-pyrrole nitrogens is 3. The maximum Gasteiger partial charge on any atom is 0.287 e. The molecule has 0 unspecified atom stereocenters. The average Bonchev–Trinajstić information content (AvgIpc) is 3.27. The molecular weight excluding hydrogens is 410 g/mol. The minimum absolute atomic E-state index is 0.0494. The lowest BCUT2D eigenvalue weighted by Crippen LogP contribution is -2.34. The lowest BCUT2D eigenvalue weighted by molar-refractivity contribution is 0.636. The van der Waals surface area contributed by atoms with Crippen LogP contribution in [0.15, 0.2) is 56.8 Å². The molecule has 0 aliphatic rings. The fourth-order valence-electron chi connectivity index (χ4n) is 3.39. The number of hydrogen-bond acceptors (Lipinski definition) is 6. The molecule has 30 heavy (non-hydrogen) atoms. The number of nitrogens with zero attached hydrogens (tertiary/aromatic N) is 4. The van der Waals surface area contributed by atoms with E-state index in [2.05, 4.69) is 30.7 Å². The average molecular weight is 422 g/mol. The SMILES string of the molecule is O=c1[nH]n(Cc2cccc(-c3nn[nH]n3)c2)c(=O)c2c(=O)c3ccc(Cl)cc3[nH]c12. The summed E-state index contributed by atoms with van der Waals surface area (Å²) in [7, 11) is 0. The molecule has 0 aliphatic carbocycles. The molecular formula is C19H12ClN7O3. The number of aromatic amines is 3. The fraction of sp³-hybridized carbons (Fsp3) is 0.0526. The summed E-state index contributed by atoms with van der Waals surface area (Å²) in [6, 6.07) is 11.7. The van der Waals surface area contributed by atoms with Crippen molar-refractivity contribution < 1.29 is 0 Å². The summed E-state index contributed by atoms with van der Waals surface area (Å²) < 4.78 is 1.11. The van der Waals surface area contributed by atoms with Crippen LogP contribution in [0.5, 0.6) is 0 Å². The van der Waals surface area contributed by atoms with E-state index >= 15 is 0 Å². The number of tetrazole rings is 1. The Labute approximate surface area is 171 Å². The number of fused-ring (bicyclic) bond motifs is 2. The number of hydrogen-bond donors (Lipinski definition) is 3. The molecule has 0 amide bonds. The summed E-state index contributed by atoms with van der Waals surface area (Å²) in [4.78, 5) is 41.4. The van der Waals surface area contributed by atoms with Gasteiger partial charge in [-0.15, -0.1) is 10.2 Å². The largest absolute Gasteiger partial charge is 0.350 e. The lowest BCUT2D eigenvalue weighted by Gasteiger charge is -2.09. The standard InChI is InChI=1S/C19H12ClN7O3/c20-11-4-5-12-13(7-11)21-15-14(16(12)28)19(30)27(24-18(15)29)8-9-2-1-3-10(6-9)17-22-25-26-23-17/h1-7H,8H2,(H,21,28)(H,24,29)(H,22,23,25,26). The Bertz CT molecular complexity index is 1600. The highest BCUT2D eigenvalue weighted by atomic mass is 35.5. The first kappa shape index (κ1) is 18.0. The maximum absolute atomic E-state index is 13.0. The molecule has 11 heteroatoms. The molecule has 2 aromatic carbocycles. The van der Waals surface area contributed by atoms with Crippen molar-refractivity contribution in [2.75, 3.05) is 0 Å². The predicted molar refractivity (Wildman–Crippen MR) is 111 cm³/mol. The molecule has 0 bridgehead atoms. The molecule has 0 saturated heterocycles. The van der Waals surface area contributed by atoms with E-state index in [1.807, 2.05) is 0 Å². The first-order valence-electron chi connectivity index (χ1n) is 8.82. The second kappa shape index (κ2) is 6.78. The summed E-state index contributed by atoms with van der Waals surface area (Å²) in [5.41, 5.74) is -0.0186. The normalized spacial score (nSPS) is 11.4. The van der Waals surface area contributed by atoms with Crippen LogP contribution in [0.4, 0.5) is 0 Å². The van der Waals surface area contributed by atoms with Gasteiger partial charge in [-0.2, -0.15) is 5.21 Å². The van der Waals surface area contributed by atoms with E-state index in [-0.39, 0.29) is 22.8 Å². The van der Waals surface area contributed by atoms with Crippen molar-refractivity contribution in [1.29, 1.82) is 0 Å². The van der Waals surface area contributed by atoms with Crippen molar-refractivity contribution in [3.05, 3.63) is 84.0 Å². The molecule has 0 aliphatic heterocycles. The Morgan fingerprint density at radius 1 is 1.07 bits per heavy atom. The monoisotopic (exact) mass is 421 g/mol. The zero-order valence-corrected chi connectivity index (χ0v) is 15.9. The summed E-state index contributed by atoms with van der Waals surface area (Å²) >= 11 is 5.97. The zero-order chi connectivity index (χ0) is 20.8. The van der Waals surface area contributed by atoms with E-state index in [1.165, 1.54) is 12.1 Å². The van der Waals surface area contributed by atoms with Gasteiger partial charge in [-0.1, -0.05) is 29.8 Å². The van der Waals surface area contributed by atoms with Crippen LogP contribution in [0.3, 0.4) is 0 Å². The van der Waals surface area contributed by atoms with Crippen LogP contribution in [0.2, 0.25) is 5.02 Å². The van der Waals surface area contributed by atoms with Gasteiger partial charge in [-0.25, -0.2) is 4.68 Å². The van der Waals surface area contributed by atoms with Crippen LogP contribution in [0.25, 0.3) is 33.2 Å². The Kier molecular flexibility index (Phi) is 4.07. The number of halogens is 1. The van der Waals surface area contributed by atoms with Crippen LogP contribution in [-0.4, -0.2) is 35.4 Å². The van der Waals surface area contributed by atoms with E-state index < -0.39 is 16.5 Å². The maximum atomic E-state index is 13.0. The molecule has 3 aromatic heterocycles. The molecule has 5 rings (SSSR count). The van der Waals surface area contributed by atoms with Crippen molar-refractivity contribution in [1.82, 2.24) is 35.4 Å². The molecule has 0 fully saturated rings. The van der Waals surface area contributed by atoms with Gasteiger partial charge >= 0.3 is 0 Å². The molecule has 3 N–H and O–H groups in total. The van der Waals surface area contributed by atoms with Gasteiger partial charge in [0.15, 0.2) is 0 Å². The first-order valence-corrected chi connectivity index (χ1v) is 9.20. The van der Waals surface area contributed by atoms with Gasteiger partial charge in [0.05, 0.1) is 12.1 Å². The zero-order valence-electron chi connectivity index (χ0n) is 15.1. The smallest absolute Gasteiger partial charge is 0.287 e. The second-order valence-electron chi connectivity index (χ2n) is 6.66. The van der Waals surface area contributed by atoms with Gasteiger partial charge < -0.3 is 4.98 Å². The third kappa shape index (κ3) is 2.90. The van der Waals surface area contributed by atoms with E-state index in [0.717, 1.165) is 4.68 Å². The summed E-state index contributed by atoms with van der Waals surface area (Å²) in [6.07, 6.45) is 0. The van der Waals surface area contributed by atoms with Crippen molar-refractivity contribution >= 4 is 33.4 Å². The molecule has 10 nitrogen and oxygen atoms in total. The van der Waals surface area contributed by atoms with Gasteiger partial charge in [0.1, 0.15) is 10.9 Å². The second-order valence-corrected chi connectivity index (χ2v) is 7.10. The van der Waals surface area contributed by atoms with E-state index in [1.54, 1.807) is 30.3 Å². The van der Waals surface area contributed by atoms with Crippen LogP contribution < -0.4 is 16.5 Å². The van der Waals surface area contributed by atoms with Crippen LogP contribution in [0.1, 0.15) is 5.56 Å². The van der Waals surface area contributed by atoms with Crippen LogP contribution >= 0.6 is 11.6 Å². The number of nitrogens with one attached hydrogen (secondary N) is 3. The lowest BCUT2D eigenvalue weighted by atomic mass is 10.1. The highest BCUT2D eigenvalue weighted by molar-refractivity contribution is 6.31. The number of rotatable bonds is 3. The van der Waals surface area contributed by atoms with Gasteiger partial charge in [0, 0.05) is 16.0 Å². The number of pyridine rings is 1. The first-order chi connectivity index (χ1) is 14.5. The molecule has 0 radical (unpaired) electrons. The van der Waals surface area contributed by atoms with E-state index in [0.29, 0.717) is 27.5 Å². The van der Waals surface area contributed by atoms with Crippen molar-refractivity contribution in [3.8, 4) is 11.4 Å². The summed E-state index contributed by atoms with van der Waals surface area (Å²) in [6.45, 7) is 0.0494. The van der Waals surface area contributed by atoms with E-state index in [9.17, 15) is 14.4 Å². The Hall–Kier alpha value is -4.05. The summed E-state index contributed by atoms with van der Waals surface area (Å²) in [5, 5.41) is 16.8. The van der Waals surface area contributed by atoms with Gasteiger partial charge in [0.2, 0.25) is 11.3 Å². The van der Waals surface area contributed by atoms with Gasteiger partial charge in [-0.05, 0) is 35.0 Å². The van der Waals surface area contributed by atoms with Crippen molar-refractivity contribution in [2.24, 2.45) is 0 Å². The Morgan fingerprint density at radius 3 is 2.73 bits per heavy atom. The number of aromatic nitrogens is 7. The molecule has 0 atom stereocenters. The quantitative estimate of drug-likeness (QED) is 0.376. The highest BCUT2D eigenvalue weighted by Crippen LogP contribution is 2.17. The van der Waals surface area contributed by atoms with Crippen molar-refractivity contribution in [2.45, 2.75) is 6.54 Å². The Morgan fingerprint density at radius 2 is 1.93 bits per heavy atom. The van der Waals surface area contributed by atoms with Gasteiger partial charge in [0.25, 0.3) is 11.1 Å². The third-order valence-corrected chi connectivity index (χ3v) is 4.99. The van der Waals surface area contributed by atoms with Crippen LogP contribution in [0, 0.1) is 0 Å². The highest BCUT2D eigenvalue weighted by Gasteiger charge is 2.15. The van der Waals surface area contributed by atoms with Crippen molar-refractivity contribution in [3.63, 3.8) is 0 Å². The predicted octanol–water partition coefficient (Wildman–Crippen LogP) is 1.41. The minimum atomic E-state index is -0.604. The molecule has 0 saturated carbocycles. The summed E-state index contributed by atoms with van der Waals surface area (Å²) in [5.74, 6) is 0.401. The molecule has 5 aromatic rings. The Balaban J connectivity index is 1.68. The number of benzene rings is 2. The third-order valence-electron chi connectivity index (χ3n) is 4.76. The van der Waals surface area contributed by atoms with E-state index in [4.69, 9.17) is 11.6 Å². The van der Waals surface area contributed by atoms with Crippen LogP contribution in [-0.2, 0) is 6.54 Å². The molecule has 0 spiro atoms. The minimum Gasteiger partial charge on any atom is -0.350 e.